The molecule has 0 aliphatic rings. The van der Waals surface area contributed by atoms with Gasteiger partial charge in [-0.05, 0) is 54.4 Å². The number of carboxylic acids is 1. The molecule has 0 radical (unpaired) electrons. The number of H-pyrrole nitrogens is 1. The summed E-state index contributed by atoms with van der Waals surface area (Å²) in [6, 6.07) is 24.4. The molecule has 0 unspecified atom stereocenters. The van der Waals surface area contributed by atoms with E-state index in [0.29, 0.717) is 29.0 Å². The van der Waals surface area contributed by atoms with E-state index in [1.807, 2.05) is 73.7 Å². The molecule has 0 bridgehead atoms. The Labute approximate surface area is 200 Å². The number of ether oxygens (including phenoxy) is 2. The number of benzene rings is 3. The third-order valence-electron chi connectivity index (χ3n) is 5.78. The van der Waals surface area contributed by atoms with Crippen LogP contribution in [0.2, 0.25) is 0 Å². The van der Waals surface area contributed by atoms with Crippen LogP contribution in [0.3, 0.4) is 0 Å². The van der Waals surface area contributed by atoms with Gasteiger partial charge in [-0.2, -0.15) is 0 Å². The molecule has 0 saturated heterocycles. The van der Waals surface area contributed by atoms with Gasteiger partial charge in [-0.1, -0.05) is 42.5 Å². The van der Waals surface area contributed by atoms with Crippen molar-refractivity contribution in [2.75, 3.05) is 0 Å². The van der Waals surface area contributed by atoms with E-state index in [0.717, 1.165) is 27.7 Å². The molecule has 174 valence electrons. The zero-order chi connectivity index (χ0) is 24.4. The monoisotopic (exact) mass is 466 g/mol. The van der Waals surface area contributed by atoms with Gasteiger partial charge in [-0.25, -0.2) is 9.78 Å². The maximum atomic E-state index is 12.1. The number of aromatic carboxylic acids is 1. The van der Waals surface area contributed by atoms with Gasteiger partial charge >= 0.3 is 5.97 Å². The lowest BCUT2D eigenvalue weighted by Crippen LogP contribution is -2.17. The quantitative estimate of drug-likeness (QED) is 0.340. The Morgan fingerprint density at radius 1 is 0.943 bits per heavy atom. The number of nitrogens with zero attached hydrogens (tertiary/aromatic N) is 1. The highest BCUT2D eigenvalue weighted by molar-refractivity contribution is 5.95. The summed E-state index contributed by atoms with van der Waals surface area (Å²) in [5, 5.41) is 10.9. The topological polar surface area (TPSA) is 102 Å². The maximum absolute atomic E-state index is 12.1. The van der Waals surface area contributed by atoms with Gasteiger partial charge in [0.15, 0.2) is 0 Å². The molecule has 0 fully saturated rings. The van der Waals surface area contributed by atoms with Gasteiger partial charge in [0, 0.05) is 10.8 Å². The van der Waals surface area contributed by atoms with Crippen molar-refractivity contribution < 1.29 is 19.4 Å². The van der Waals surface area contributed by atoms with Crippen LogP contribution in [0.25, 0.3) is 21.8 Å². The number of pyridine rings is 2. The van der Waals surface area contributed by atoms with Crippen LogP contribution in [-0.4, -0.2) is 21.0 Å². The predicted molar refractivity (Wildman–Crippen MR) is 133 cm³/mol. The maximum Gasteiger partial charge on any atom is 0.341 e. The number of fused-ring (bicyclic) bond motifs is 2. The number of hydrogen-bond donors (Lipinski definition) is 2. The fraction of sp³-hybridized carbons (Fsp3) is 0.107. The van der Waals surface area contributed by atoms with Crippen molar-refractivity contribution >= 4 is 27.8 Å². The molecule has 0 aliphatic heterocycles. The molecule has 35 heavy (non-hydrogen) atoms. The Balaban J connectivity index is 1.27. The van der Waals surface area contributed by atoms with E-state index in [9.17, 15) is 14.7 Å². The van der Waals surface area contributed by atoms with Gasteiger partial charge in [0.05, 0.1) is 16.7 Å². The second-order valence-electron chi connectivity index (χ2n) is 8.20. The lowest BCUT2D eigenvalue weighted by atomic mass is 10.1. The van der Waals surface area contributed by atoms with Crippen LogP contribution in [-0.2, 0) is 13.2 Å². The molecule has 2 N–H and O–H groups in total. The Morgan fingerprint density at radius 3 is 2.54 bits per heavy atom. The molecule has 2 aromatic heterocycles. The summed E-state index contributed by atoms with van der Waals surface area (Å²) in [6.07, 6.45) is 0. The number of aromatic amines is 1. The van der Waals surface area contributed by atoms with Gasteiger partial charge in [-0.15, -0.1) is 0 Å². The normalized spacial score (nSPS) is 11.0. The number of carbonyl (C=O) groups is 1. The average molecular weight is 466 g/mol. The Bertz CT molecular complexity index is 1610. The van der Waals surface area contributed by atoms with E-state index >= 15 is 0 Å². The molecule has 0 atom stereocenters. The fourth-order valence-electron chi connectivity index (χ4n) is 3.88. The zero-order valence-corrected chi connectivity index (χ0v) is 18.9. The number of aryl methyl sites for hydroxylation is 1. The molecule has 0 aliphatic carbocycles. The van der Waals surface area contributed by atoms with E-state index in [1.165, 1.54) is 6.07 Å². The smallest absolute Gasteiger partial charge is 0.341 e. The van der Waals surface area contributed by atoms with E-state index in [1.54, 1.807) is 6.07 Å². The van der Waals surface area contributed by atoms with Crippen molar-refractivity contribution in [3.63, 3.8) is 0 Å². The van der Waals surface area contributed by atoms with Crippen molar-refractivity contribution in [3.8, 4) is 11.5 Å². The van der Waals surface area contributed by atoms with Crippen LogP contribution in [0.15, 0.2) is 83.7 Å². The first kappa shape index (κ1) is 22.2. The van der Waals surface area contributed by atoms with Crippen LogP contribution < -0.4 is 15.0 Å². The van der Waals surface area contributed by atoms with Crippen molar-refractivity contribution in [1.29, 1.82) is 0 Å². The fourth-order valence-corrected chi connectivity index (χ4v) is 3.88. The molecular formula is C28H22N2O5. The summed E-state index contributed by atoms with van der Waals surface area (Å²) in [6.45, 7) is 2.47. The highest BCUT2D eigenvalue weighted by Gasteiger charge is 2.14. The van der Waals surface area contributed by atoms with Crippen LogP contribution in [0.4, 0.5) is 0 Å². The molecule has 2 heterocycles. The second kappa shape index (κ2) is 9.30. The van der Waals surface area contributed by atoms with Gasteiger partial charge in [0.25, 0.3) is 5.56 Å². The summed E-state index contributed by atoms with van der Waals surface area (Å²) in [5.74, 6) is -0.0738. The first-order chi connectivity index (χ1) is 17.0. The minimum atomic E-state index is -1.28. The highest BCUT2D eigenvalue weighted by atomic mass is 16.5. The van der Waals surface area contributed by atoms with Crippen molar-refractivity contribution in [2.45, 2.75) is 20.1 Å². The Hall–Kier alpha value is -4.65. The molecule has 0 amide bonds. The van der Waals surface area contributed by atoms with E-state index in [2.05, 4.69) is 9.97 Å². The summed E-state index contributed by atoms with van der Waals surface area (Å²) in [5.41, 5.74) is 3.12. The van der Waals surface area contributed by atoms with E-state index in [-0.39, 0.29) is 12.2 Å². The molecule has 7 heteroatoms. The summed E-state index contributed by atoms with van der Waals surface area (Å²) < 4.78 is 11.9. The zero-order valence-electron chi connectivity index (χ0n) is 18.9. The number of rotatable bonds is 7. The first-order valence-corrected chi connectivity index (χ1v) is 11.1. The van der Waals surface area contributed by atoms with Crippen LogP contribution >= 0.6 is 0 Å². The minimum absolute atomic E-state index is 0.270. The third-order valence-corrected chi connectivity index (χ3v) is 5.78. The number of carboxylic acid groups (broad SMARTS) is 1. The standard InChI is InChI=1S/C28H22N2O5/c1-17-6-13-25(22-14-23(28(32)33)27(31)30-26(17)22)35-15-18-7-11-21(12-8-18)34-16-20-10-9-19-4-2-3-5-24(19)29-20/h2-14H,15-16H2,1H3,(H,30,31)(H,32,33). The first-order valence-electron chi connectivity index (χ1n) is 11.1. The molecule has 5 aromatic rings. The molecule has 0 spiro atoms. The van der Waals surface area contributed by atoms with Crippen LogP contribution in [0.5, 0.6) is 11.5 Å². The SMILES string of the molecule is Cc1ccc(OCc2ccc(OCc3ccc4ccccc4n3)cc2)c2cc(C(=O)O)c(=O)[nH]c12. The van der Waals surface area contributed by atoms with Crippen LogP contribution in [0, 0.1) is 6.92 Å². The minimum Gasteiger partial charge on any atom is -0.488 e. The van der Waals surface area contributed by atoms with E-state index in [4.69, 9.17) is 9.47 Å². The van der Waals surface area contributed by atoms with Gasteiger partial charge in [0.1, 0.15) is 30.3 Å². The number of hydrogen-bond acceptors (Lipinski definition) is 5. The average Bonchev–Trinajstić information content (AvgIpc) is 2.87. The van der Waals surface area contributed by atoms with Crippen molar-refractivity contribution in [1.82, 2.24) is 9.97 Å². The van der Waals surface area contributed by atoms with Crippen LogP contribution in [0.1, 0.15) is 27.2 Å². The van der Waals surface area contributed by atoms with Crippen molar-refractivity contribution in [2.24, 2.45) is 0 Å². The van der Waals surface area contributed by atoms with E-state index < -0.39 is 11.5 Å². The van der Waals surface area contributed by atoms with Gasteiger partial charge < -0.3 is 19.6 Å². The number of aromatic nitrogens is 2. The lowest BCUT2D eigenvalue weighted by molar-refractivity contribution is 0.0695. The van der Waals surface area contributed by atoms with Gasteiger partial charge in [0.2, 0.25) is 0 Å². The van der Waals surface area contributed by atoms with Crippen molar-refractivity contribution in [3.05, 3.63) is 112 Å². The molecule has 3 aromatic carbocycles. The number of nitrogens with one attached hydrogen (secondary N) is 1. The molecular weight excluding hydrogens is 444 g/mol. The summed E-state index contributed by atoms with van der Waals surface area (Å²) >= 11 is 0. The molecule has 0 saturated carbocycles. The third kappa shape index (κ3) is 4.70. The second-order valence-corrected chi connectivity index (χ2v) is 8.20. The largest absolute Gasteiger partial charge is 0.488 e. The Kier molecular flexibility index (Phi) is 5.89. The highest BCUT2D eigenvalue weighted by Crippen LogP contribution is 2.28. The van der Waals surface area contributed by atoms with Gasteiger partial charge in [-0.3, -0.25) is 4.79 Å². The predicted octanol–water partition coefficient (Wildman–Crippen LogP) is 5.24. The molecule has 5 rings (SSSR count). The number of para-hydroxylation sites is 1. The summed E-state index contributed by atoms with van der Waals surface area (Å²) in [7, 11) is 0. The molecule has 7 nitrogen and oxygen atoms in total. The summed E-state index contributed by atoms with van der Waals surface area (Å²) in [4.78, 5) is 30.7. The lowest BCUT2D eigenvalue weighted by Gasteiger charge is -2.12. The Morgan fingerprint density at radius 2 is 1.74 bits per heavy atom.